The van der Waals surface area contributed by atoms with Crippen molar-refractivity contribution in [2.24, 2.45) is 0 Å². The van der Waals surface area contributed by atoms with Crippen LogP contribution in [0.2, 0.25) is 0 Å². The second-order valence-electron chi connectivity index (χ2n) is 6.47. The number of aromatic hydroxyl groups is 2. The highest BCUT2D eigenvalue weighted by Gasteiger charge is 2.21. The lowest BCUT2D eigenvalue weighted by Crippen LogP contribution is -2.10. The maximum absolute atomic E-state index is 11.0. The molecule has 4 aromatic rings. The van der Waals surface area contributed by atoms with Crippen molar-refractivity contribution < 1.29 is 19.7 Å². The zero-order valence-electron chi connectivity index (χ0n) is 15.1. The second kappa shape index (κ2) is 6.82. The van der Waals surface area contributed by atoms with Gasteiger partial charge in [-0.1, -0.05) is 60.7 Å². The van der Waals surface area contributed by atoms with Gasteiger partial charge < -0.3 is 19.7 Å². The summed E-state index contributed by atoms with van der Waals surface area (Å²) in [5, 5.41) is 23.9. The zero-order chi connectivity index (χ0) is 19.0. The second-order valence-corrected chi connectivity index (χ2v) is 6.47. The van der Waals surface area contributed by atoms with Crippen LogP contribution in [0.15, 0.2) is 66.7 Å². The number of methoxy groups -OCH3 is 1. The van der Waals surface area contributed by atoms with Crippen LogP contribution in [-0.2, 0) is 4.74 Å². The first kappa shape index (κ1) is 17.2. The minimum absolute atomic E-state index is 0.0833. The van der Waals surface area contributed by atoms with Gasteiger partial charge in [0.25, 0.3) is 0 Å². The van der Waals surface area contributed by atoms with Crippen LogP contribution < -0.4 is 4.74 Å². The van der Waals surface area contributed by atoms with Gasteiger partial charge in [-0.15, -0.1) is 0 Å². The summed E-state index contributed by atoms with van der Waals surface area (Å²) in [6, 6.07) is 20.5. The van der Waals surface area contributed by atoms with Crippen LogP contribution in [0.1, 0.15) is 17.4 Å². The molecule has 0 radical (unpaired) electrons. The van der Waals surface area contributed by atoms with Gasteiger partial charge in [-0.05, 0) is 18.6 Å². The largest absolute Gasteiger partial charge is 0.507 e. The molecule has 136 valence electrons. The van der Waals surface area contributed by atoms with Crippen LogP contribution in [0, 0.1) is 6.92 Å². The third-order valence-corrected chi connectivity index (χ3v) is 4.79. The summed E-state index contributed by atoms with van der Waals surface area (Å²) < 4.78 is 11.7. The third kappa shape index (κ3) is 2.84. The molecule has 4 heteroatoms. The Morgan fingerprint density at radius 1 is 0.741 bits per heavy atom. The van der Waals surface area contributed by atoms with Crippen LogP contribution in [0.25, 0.3) is 21.5 Å². The van der Waals surface area contributed by atoms with E-state index in [0.29, 0.717) is 27.3 Å². The average Bonchev–Trinajstić information content (AvgIpc) is 2.71. The summed E-state index contributed by atoms with van der Waals surface area (Å²) in [6.07, 6.45) is -0.636. The van der Waals surface area contributed by atoms with Crippen LogP contribution >= 0.6 is 0 Å². The number of hydrogen-bond donors (Lipinski definition) is 2. The molecule has 0 spiro atoms. The maximum Gasteiger partial charge on any atom is 0.226 e. The molecule has 0 heterocycles. The summed E-state index contributed by atoms with van der Waals surface area (Å²) in [4.78, 5) is 0. The van der Waals surface area contributed by atoms with Gasteiger partial charge in [-0.25, -0.2) is 0 Å². The van der Waals surface area contributed by atoms with Gasteiger partial charge in [0, 0.05) is 28.8 Å². The minimum atomic E-state index is -0.636. The van der Waals surface area contributed by atoms with E-state index in [1.807, 2.05) is 55.5 Å². The Morgan fingerprint density at radius 2 is 1.37 bits per heavy atom. The van der Waals surface area contributed by atoms with E-state index in [4.69, 9.17) is 9.47 Å². The lowest BCUT2D eigenvalue weighted by molar-refractivity contribution is -0.0557. The first-order valence-electron chi connectivity index (χ1n) is 8.72. The Kier molecular flexibility index (Phi) is 4.34. The number of benzene rings is 4. The number of aryl methyl sites for hydroxylation is 1. The lowest BCUT2D eigenvalue weighted by atomic mass is 9.98. The fourth-order valence-electron chi connectivity index (χ4n) is 3.42. The molecule has 4 nitrogen and oxygen atoms in total. The number of fused-ring (bicyclic) bond motifs is 2. The number of phenolic OH excluding ortho intramolecular Hbond substituents is 2. The summed E-state index contributed by atoms with van der Waals surface area (Å²) >= 11 is 0. The van der Waals surface area contributed by atoms with E-state index in [-0.39, 0.29) is 11.5 Å². The molecule has 0 bridgehead atoms. The van der Waals surface area contributed by atoms with Crippen LogP contribution in [0.4, 0.5) is 0 Å². The van der Waals surface area contributed by atoms with Gasteiger partial charge in [0.1, 0.15) is 17.2 Å². The highest BCUT2D eigenvalue weighted by atomic mass is 16.7. The zero-order valence-corrected chi connectivity index (χ0v) is 15.1. The Balaban J connectivity index is 1.96. The van der Waals surface area contributed by atoms with E-state index in [0.717, 1.165) is 11.1 Å². The quantitative estimate of drug-likeness (QED) is 0.289. The molecule has 2 N–H and O–H groups in total. The predicted octanol–water partition coefficient (Wildman–Crippen LogP) is 5.44. The molecule has 0 fully saturated rings. The Labute approximate surface area is 157 Å². The van der Waals surface area contributed by atoms with Crippen molar-refractivity contribution in [2.45, 2.75) is 13.2 Å². The van der Waals surface area contributed by atoms with Crippen molar-refractivity contribution >= 4 is 21.5 Å². The average molecular weight is 360 g/mol. The molecule has 0 aliphatic heterocycles. The predicted molar refractivity (Wildman–Crippen MR) is 106 cm³/mol. The first-order valence-corrected chi connectivity index (χ1v) is 8.72. The summed E-state index contributed by atoms with van der Waals surface area (Å²) in [5.74, 6) is 0.693. The minimum Gasteiger partial charge on any atom is -0.507 e. The van der Waals surface area contributed by atoms with Crippen LogP contribution in [0.5, 0.6) is 17.2 Å². The highest BCUT2D eigenvalue weighted by molar-refractivity contribution is 6.12. The van der Waals surface area contributed by atoms with Crippen molar-refractivity contribution in [1.29, 1.82) is 0 Å². The Morgan fingerprint density at radius 3 is 2.04 bits per heavy atom. The van der Waals surface area contributed by atoms with Gasteiger partial charge in [0.05, 0.1) is 5.39 Å². The van der Waals surface area contributed by atoms with E-state index in [1.54, 1.807) is 25.3 Å². The van der Waals surface area contributed by atoms with Crippen LogP contribution in [-0.4, -0.2) is 17.3 Å². The lowest BCUT2D eigenvalue weighted by Gasteiger charge is -2.21. The molecule has 4 rings (SSSR count). The number of ether oxygens (including phenoxy) is 2. The molecule has 0 amide bonds. The van der Waals surface area contributed by atoms with Gasteiger partial charge in [-0.3, -0.25) is 0 Å². The number of phenols is 2. The molecule has 27 heavy (non-hydrogen) atoms. The number of hydrogen-bond acceptors (Lipinski definition) is 4. The number of rotatable bonds is 4. The van der Waals surface area contributed by atoms with Crippen molar-refractivity contribution in [3.05, 3.63) is 77.9 Å². The molecular formula is C23H20O4. The maximum atomic E-state index is 11.0. The van der Waals surface area contributed by atoms with Gasteiger partial charge in [0.15, 0.2) is 0 Å². The van der Waals surface area contributed by atoms with E-state index >= 15 is 0 Å². The van der Waals surface area contributed by atoms with Crippen molar-refractivity contribution in [3.8, 4) is 17.2 Å². The Hall–Kier alpha value is -3.24. The summed E-state index contributed by atoms with van der Waals surface area (Å²) in [7, 11) is 1.57. The summed E-state index contributed by atoms with van der Waals surface area (Å²) in [6.45, 7) is 1.90. The van der Waals surface area contributed by atoms with Gasteiger partial charge in [0.2, 0.25) is 6.29 Å². The Bertz CT molecular complexity index is 1120. The van der Waals surface area contributed by atoms with Gasteiger partial charge in [-0.2, -0.15) is 0 Å². The normalized spacial score (nSPS) is 12.4. The fourth-order valence-corrected chi connectivity index (χ4v) is 3.42. The van der Waals surface area contributed by atoms with E-state index < -0.39 is 6.29 Å². The van der Waals surface area contributed by atoms with Crippen molar-refractivity contribution in [2.75, 3.05) is 7.11 Å². The first-order chi connectivity index (χ1) is 13.1. The molecular weight excluding hydrogens is 340 g/mol. The van der Waals surface area contributed by atoms with Gasteiger partial charge >= 0.3 is 0 Å². The van der Waals surface area contributed by atoms with E-state index in [9.17, 15) is 10.2 Å². The van der Waals surface area contributed by atoms with E-state index in [1.165, 1.54) is 0 Å². The molecule has 0 aliphatic carbocycles. The monoisotopic (exact) mass is 360 g/mol. The molecule has 0 aromatic heterocycles. The van der Waals surface area contributed by atoms with Crippen molar-refractivity contribution in [3.63, 3.8) is 0 Å². The molecule has 0 saturated carbocycles. The molecule has 0 saturated heterocycles. The van der Waals surface area contributed by atoms with E-state index in [2.05, 4.69) is 0 Å². The third-order valence-electron chi connectivity index (χ3n) is 4.79. The molecule has 1 atom stereocenters. The highest BCUT2D eigenvalue weighted by Crippen LogP contribution is 2.47. The topological polar surface area (TPSA) is 58.9 Å². The standard InChI is InChI=1S/C23H20O4/c1-14-12-13-18-19(21(25)17-11-7-6-10-16(17)20(18)24)22(14)27-23(26-2)15-8-4-3-5-9-15/h3-13,23-25H,1-2H3. The SMILES string of the molecule is COC(Oc1c(C)ccc2c(O)c3ccccc3c(O)c12)c1ccccc1. The molecule has 0 aliphatic rings. The van der Waals surface area contributed by atoms with Crippen molar-refractivity contribution in [1.82, 2.24) is 0 Å². The molecule has 1 unspecified atom stereocenters. The summed E-state index contributed by atoms with van der Waals surface area (Å²) in [5.41, 5.74) is 1.70. The molecule has 4 aromatic carbocycles. The smallest absolute Gasteiger partial charge is 0.226 e. The van der Waals surface area contributed by atoms with Crippen LogP contribution in [0.3, 0.4) is 0 Å². The fraction of sp³-hybridized carbons (Fsp3) is 0.130.